The Morgan fingerprint density at radius 2 is 1.80 bits per heavy atom. The molecule has 0 atom stereocenters. The molecule has 0 aliphatic rings. The van der Waals surface area contributed by atoms with Gasteiger partial charge in [-0.3, -0.25) is 4.79 Å². The highest BCUT2D eigenvalue weighted by Crippen LogP contribution is 2.29. The minimum Gasteiger partial charge on any atom is -0.361 e. The summed E-state index contributed by atoms with van der Waals surface area (Å²) in [5.41, 5.74) is 4.60. The highest BCUT2D eigenvalue weighted by Gasteiger charge is 2.14. The molecule has 0 aliphatic heterocycles. The van der Waals surface area contributed by atoms with Crippen molar-refractivity contribution in [2.24, 2.45) is 0 Å². The van der Waals surface area contributed by atoms with Crippen LogP contribution in [-0.4, -0.2) is 11.1 Å². The molecule has 0 spiro atoms. The average molecular weight is 352 g/mol. The van der Waals surface area contributed by atoms with Crippen molar-refractivity contribution < 1.29 is 9.32 Å². The third kappa shape index (κ3) is 4.12. The SMILES string of the molecule is Cc1ccc(NC(=O)c2ccccc2SCc2c(C)noc2C)cc1. The third-order valence-corrected chi connectivity index (χ3v) is 5.09. The summed E-state index contributed by atoms with van der Waals surface area (Å²) in [6.07, 6.45) is 0. The second-order valence-corrected chi connectivity index (χ2v) is 6.92. The second-order valence-electron chi connectivity index (χ2n) is 5.91. The number of carbonyl (C=O) groups is 1. The van der Waals surface area contributed by atoms with Crippen molar-refractivity contribution in [1.29, 1.82) is 0 Å². The standard InChI is InChI=1S/C20H20N2O2S/c1-13-8-10-16(11-9-13)21-20(23)17-6-4-5-7-19(17)25-12-18-14(2)22-24-15(18)3/h4-11H,12H2,1-3H3,(H,21,23). The molecule has 3 rings (SSSR count). The maximum Gasteiger partial charge on any atom is 0.256 e. The first-order chi connectivity index (χ1) is 12.0. The van der Waals surface area contributed by atoms with Crippen LogP contribution >= 0.6 is 11.8 Å². The van der Waals surface area contributed by atoms with E-state index < -0.39 is 0 Å². The van der Waals surface area contributed by atoms with Crippen LogP contribution in [0.2, 0.25) is 0 Å². The lowest BCUT2D eigenvalue weighted by atomic mass is 10.2. The van der Waals surface area contributed by atoms with Crippen LogP contribution in [-0.2, 0) is 5.75 Å². The van der Waals surface area contributed by atoms with Crippen LogP contribution in [0.4, 0.5) is 5.69 Å². The van der Waals surface area contributed by atoms with Crippen LogP contribution in [0.15, 0.2) is 57.9 Å². The minimum absolute atomic E-state index is 0.106. The number of aromatic nitrogens is 1. The van der Waals surface area contributed by atoms with E-state index in [1.165, 1.54) is 0 Å². The zero-order valence-electron chi connectivity index (χ0n) is 14.5. The van der Waals surface area contributed by atoms with E-state index in [0.717, 1.165) is 38.9 Å². The number of benzene rings is 2. The van der Waals surface area contributed by atoms with Crippen LogP contribution < -0.4 is 5.32 Å². The summed E-state index contributed by atoms with van der Waals surface area (Å²) in [7, 11) is 0. The molecule has 0 radical (unpaired) electrons. The van der Waals surface area contributed by atoms with Gasteiger partial charge in [-0.25, -0.2) is 0 Å². The predicted octanol–water partition coefficient (Wildman–Crippen LogP) is 5.14. The number of nitrogens with zero attached hydrogens (tertiary/aromatic N) is 1. The number of carbonyl (C=O) groups excluding carboxylic acids is 1. The molecular weight excluding hydrogens is 332 g/mol. The number of anilines is 1. The summed E-state index contributed by atoms with van der Waals surface area (Å²) in [5, 5.41) is 6.94. The molecule has 1 heterocycles. The highest BCUT2D eigenvalue weighted by molar-refractivity contribution is 7.98. The van der Waals surface area contributed by atoms with Crippen molar-refractivity contribution in [3.8, 4) is 0 Å². The largest absolute Gasteiger partial charge is 0.361 e. The number of amides is 1. The molecular formula is C20H20N2O2S. The van der Waals surface area contributed by atoms with Gasteiger partial charge >= 0.3 is 0 Å². The topological polar surface area (TPSA) is 55.1 Å². The Labute approximate surface area is 151 Å². The lowest BCUT2D eigenvalue weighted by Gasteiger charge is -2.10. The first-order valence-corrected chi connectivity index (χ1v) is 9.05. The van der Waals surface area contributed by atoms with Crippen molar-refractivity contribution in [2.75, 3.05) is 5.32 Å². The van der Waals surface area contributed by atoms with Crippen LogP contribution in [0.1, 0.15) is 32.9 Å². The molecule has 1 N–H and O–H groups in total. The van der Waals surface area contributed by atoms with E-state index in [1.54, 1.807) is 11.8 Å². The van der Waals surface area contributed by atoms with Gasteiger partial charge in [0.2, 0.25) is 0 Å². The van der Waals surface area contributed by atoms with Crippen molar-refractivity contribution in [2.45, 2.75) is 31.4 Å². The number of hydrogen-bond acceptors (Lipinski definition) is 4. The van der Waals surface area contributed by atoms with Crippen molar-refractivity contribution in [3.63, 3.8) is 0 Å². The van der Waals surface area contributed by atoms with Crippen molar-refractivity contribution in [1.82, 2.24) is 5.16 Å². The Morgan fingerprint density at radius 3 is 2.48 bits per heavy atom. The fourth-order valence-electron chi connectivity index (χ4n) is 2.47. The quantitative estimate of drug-likeness (QED) is 0.646. The minimum atomic E-state index is -0.106. The fraction of sp³-hybridized carbons (Fsp3) is 0.200. The summed E-state index contributed by atoms with van der Waals surface area (Å²) < 4.78 is 5.21. The van der Waals surface area contributed by atoms with Crippen molar-refractivity contribution in [3.05, 3.63) is 76.7 Å². The van der Waals surface area contributed by atoms with Gasteiger partial charge in [-0.15, -0.1) is 11.8 Å². The van der Waals surface area contributed by atoms with Gasteiger partial charge in [-0.1, -0.05) is 35.0 Å². The number of hydrogen-bond donors (Lipinski definition) is 1. The lowest BCUT2D eigenvalue weighted by molar-refractivity contribution is 0.102. The first kappa shape index (κ1) is 17.3. The van der Waals surface area contributed by atoms with Crippen LogP contribution in [0, 0.1) is 20.8 Å². The Morgan fingerprint density at radius 1 is 1.08 bits per heavy atom. The Hall–Kier alpha value is -2.53. The number of rotatable bonds is 5. The summed E-state index contributed by atoms with van der Waals surface area (Å²) in [4.78, 5) is 13.6. The molecule has 2 aromatic carbocycles. The van der Waals surface area contributed by atoms with Crippen LogP contribution in [0.3, 0.4) is 0 Å². The number of aryl methyl sites for hydroxylation is 3. The molecule has 128 valence electrons. The van der Waals surface area contributed by atoms with E-state index in [9.17, 15) is 4.79 Å². The van der Waals surface area contributed by atoms with E-state index in [0.29, 0.717) is 5.56 Å². The smallest absolute Gasteiger partial charge is 0.256 e. The first-order valence-electron chi connectivity index (χ1n) is 8.06. The predicted molar refractivity (Wildman–Crippen MR) is 101 cm³/mol. The summed E-state index contributed by atoms with van der Waals surface area (Å²) >= 11 is 1.61. The van der Waals surface area contributed by atoms with Gasteiger partial charge < -0.3 is 9.84 Å². The third-order valence-electron chi connectivity index (χ3n) is 3.99. The summed E-state index contributed by atoms with van der Waals surface area (Å²) in [6, 6.07) is 15.4. The van der Waals surface area contributed by atoms with Crippen LogP contribution in [0.5, 0.6) is 0 Å². The van der Waals surface area contributed by atoms with Gasteiger partial charge in [0.05, 0.1) is 11.3 Å². The molecule has 0 fully saturated rings. The van der Waals surface area contributed by atoms with E-state index in [1.807, 2.05) is 69.3 Å². The van der Waals surface area contributed by atoms with E-state index in [-0.39, 0.29) is 5.91 Å². The van der Waals surface area contributed by atoms with Gasteiger partial charge in [-0.05, 0) is 45.0 Å². The molecule has 4 nitrogen and oxygen atoms in total. The zero-order valence-corrected chi connectivity index (χ0v) is 15.3. The molecule has 0 bridgehead atoms. The second kappa shape index (κ2) is 7.57. The maximum absolute atomic E-state index is 12.7. The highest BCUT2D eigenvalue weighted by atomic mass is 32.2. The lowest BCUT2D eigenvalue weighted by Crippen LogP contribution is -2.12. The molecule has 0 saturated carbocycles. The van der Waals surface area contributed by atoms with Crippen LogP contribution in [0.25, 0.3) is 0 Å². The zero-order chi connectivity index (χ0) is 17.8. The summed E-state index contributed by atoms with van der Waals surface area (Å²) in [5.74, 6) is 1.44. The normalized spacial score (nSPS) is 10.7. The molecule has 3 aromatic rings. The van der Waals surface area contributed by atoms with Gasteiger partial charge in [-0.2, -0.15) is 0 Å². The van der Waals surface area contributed by atoms with Gasteiger partial charge in [0.1, 0.15) is 5.76 Å². The van der Waals surface area contributed by atoms with E-state index >= 15 is 0 Å². The van der Waals surface area contributed by atoms with Gasteiger partial charge in [0.25, 0.3) is 5.91 Å². The molecule has 0 aliphatic carbocycles. The molecule has 0 saturated heterocycles. The molecule has 1 aromatic heterocycles. The Kier molecular flexibility index (Phi) is 5.24. The molecule has 0 unspecified atom stereocenters. The molecule has 25 heavy (non-hydrogen) atoms. The molecule has 5 heteroatoms. The maximum atomic E-state index is 12.7. The van der Waals surface area contributed by atoms with E-state index in [4.69, 9.17) is 4.52 Å². The van der Waals surface area contributed by atoms with E-state index in [2.05, 4.69) is 10.5 Å². The Bertz CT molecular complexity index is 865. The van der Waals surface area contributed by atoms with Gasteiger partial charge in [0.15, 0.2) is 0 Å². The monoisotopic (exact) mass is 352 g/mol. The fourth-order valence-corrected chi connectivity index (χ4v) is 3.68. The number of thioether (sulfide) groups is 1. The molecule has 1 amide bonds. The van der Waals surface area contributed by atoms with Crippen molar-refractivity contribution >= 4 is 23.4 Å². The Balaban J connectivity index is 1.76. The van der Waals surface area contributed by atoms with Gasteiger partial charge in [0, 0.05) is 21.9 Å². The summed E-state index contributed by atoms with van der Waals surface area (Å²) in [6.45, 7) is 5.86. The number of nitrogens with one attached hydrogen (secondary N) is 1. The average Bonchev–Trinajstić information content (AvgIpc) is 2.93.